The molecule has 0 amide bonds. The summed E-state index contributed by atoms with van der Waals surface area (Å²) in [7, 11) is 0. The second-order valence-corrected chi connectivity index (χ2v) is 7.69. The van der Waals surface area contributed by atoms with Crippen molar-refractivity contribution in [3.05, 3.63) is 84.4 Å². The zero-order valence-corrected chi connectivity index (χ0v) is 15.8. The Balaban J connectivity index is 1.62. The largest absolute Gasteiger partial charge is 0.416 e. The van der Waals surface area contributed by atoms with Crippen molar-refractivity contribution in [1.82, 2.24) is 10.2 Å². The van der Waals surface area contributed by atoms with Crippen LogP contribution in [0.2, 0.25) is 0 Å². The second-order valence-electron chi connectivity index (χ2n) is 7.69. The van der Waals surface area contributed by atoms with E-state index in [-0.39, 0.29) is 5.41 Å². The van der Waals surface area contributed by atoms with Crippen LogP contribution >= 0.6 is 0 Å². The summed E-state index contributed by atoms with van der Waals surface area (Å²) < 4.78 is 5.95. The highest BCUT2D eigenvalue weighted by atomic mass is 16.4. The van der Waals surface area contributed by atoms with Crippen molar-refractivity contribution >= 4 is 0 Å². The Morgan fingerprint density at radius 1 is 0.593 bits per heavy atom. The van der Waals surface area contributed by atoms with Crippen LogP contribution in [-0.2, 0) is 5.41 Å². The molecular weight excluding hydrogens is 332 g/mol. The van der Waals surface area contributed by atoms with Crippen LogP contribution in [0.1, 0.15) is 26.3 Å². The maximum atomic E-state index is 5.95. The molecule has 0 aliphatic carbocycles. The van der Waals surface area contributed by atoms with Gasteiger partial charge in [-0.05, 0) is 46.4 Å². The quantitative estimate of drug-likeness (QED) is 0.429. The maximum absolute atomic E-state index is 5.95. The highest BCUT2D eigenvalue weighted by Crippen LogP contribution is 2.29. The molecule has 4 rings (SSSR count). The first kappa shape index (κ1) is 17.2. The fourth-order valence-corrected chi connectivity index (χ4v) is 3.01. The number of hydrogen-bond donors (Lipinski definition) is 0. The minimum absolute atomic E-state index is 0.0755. The minimum Gasteiger partial charge on any atom is -0.416 e. The van der Waals surface area contributed by atoms with Gasteiger partial charge < -0.3 is 4.42 Å². The van der Waals surface area contributed by atoms with Gasteiger partial charge in [0, 0.05) is 11.1 Å². The first-order chi connectivity index (χ1) is 13.0. The van der Waals surface area contributed by atoms with Crippen LogP contribution in [0.15, 0.2) is 83.3 Å². The highest BCUT2D eigenvalue weighted by molar-refractivity contribution is 5.67. The van der Waals surface area contributed by atoms with E-state index in [0.29, 0.717) is 11.8 Å². The molecule has 0 saturated carbocycles. The van der Waals surface area contributed by atoms with E-state index >= 15 is 0 Å². The molecule has 0 unspecified atom stereocenters. The van der Waals surface area contributed by atoms with Gasteiger partial charge in [0.1, 0.15) is 0 Å². The molecule has 0 N–H and O–H groups in total. The van der Waals surface area contributed by atoms with Gasteiger partial charge in [-0.1, -0.05) is 75.4 Å². The maximum Gasteiger partial charge on any atom is 0.248 e. The van der Waals surface area contributed by atoms with Gasteiger partial charge in [-0.2, -0.15) is 0 Å². The molecule has 0 spiro atoms. The molecule has 1 heterocycles. The highest BCUT2D eigenvalue weighted by Gasteiger charge is 2.16. The predicted octanol–water partition coefficient (Wildman–Crippen LogP) is 6.37. The van der Waals surface area contributed by atoms with Crippen LogP contribution in [0.3, 0.4) is 0 Å². The van der Waals surface area contributed by atoms with Crippen molar-refractivity contribution in [3.63, 3.8) is 0 Å². The van der Waals surface area contributed by atoms with E-state index in [1.807, 2.05) is 42.5 Å². The van der Waals surface area contributed by atoms with Gasteiger partial charge in [-0.25, -0.2) is 0 Å². The third-order valence-corrected chi connectivity index (χ3v) is 4.64. The molecule has 0 fully saturated rings. The van der Waals surface area contributed by atoms with Gasteiger partial charge >= 0.3 is 0 Å². The van der Waals surface area contributed by atoms with Crippen molar-refractivity contribution in [2.45, 2.75) is 26.2 Å². The van der Waals surface area contributed by atoms with E-state index in [1.54, 1.807) is 0 Å². The zero-order valence-electron chi connectivity index (χ0n) is 15.8. The second kappa shape index (κ2) is 6.84. The summed E-state index contributed by atoms with van der Waals surface area (Å²) >= 11 is 0. The van der Waals surface area contributed by atoms with Crippen molar-refractivity contribution in [1.29, 1.82) is 0 Å². The van der Waals surface area contributed by atoms with Gasteiger partial charge in [-0.3, -0.25) is 0 Å². The molecule has 0 aliphatic rings. The van der Waals surface area contributed by atoms with Crippen molar-refractivity contribution < 1.29 is 4.42 Å². The molecule has 0 radical (unpaired) electrons. The SMILES string of the molecule is CC(C)(C)c1cccc(-c2nnc(-c3ccc(-c4ccccc4)cc3)o2)c1. The number of benzene rings is 3. The molecule has 0 aliphatic heterocycles. The summed E-state index contributed by atoms with van der Waals surface area (Å²) in [6.45, 7) is 6.58. The van der Waals surface area contributed by atoms with E-state index in [1.165, 1.54) is 11.1 Å². The van der Waals surface area contributed by atoms with Gasteiger partial charge in [0.2, 0.25) is 11.8 Å². The van der Waals surface area contributed by atoms with Crippen LogP contribution in [0.25, 0.3) is 34.0 Å². The van der Waals surface area contributed by atoms with E-state index in [2.05, 4.69) is 67.4 Å². The Morgan fingerprint density at radius 3 is 1.81 bits per heavy atom. The Labute approximate surface area is 159 Å². The minimum atomic E-state index is 0.0755. The third kappa shape index (κ3) is 3.68. The van der Waals surface area contributed by atoms with Crippen LogP contribution in [-0.4, -0.2) is 10.2 Å². The molecule has 3 nitrogen and oxygen atoms in total. The van der Waals surface area contributed by atoms with E-state index in [0.717, 1.165) is 16.7 Å². The number of rotatable bonds is 3. The molecule has 0 atom stereocenters. The Morgan fingerprint density at radius 2 is 1.15 bits per heavy atom. The summed E-state index contributed by atoms with van der Waals surface area (Å²) in [5, 5.41) is 8.49. The predicted molar refractivity (Wildman–Crippen MR) is 109 cm³/mol. The lowest BCUT2D eigenvalue weighted by atomic mass is 9.86. The van der Waals surface area contributed by atoms with Crippen molar-refractivity contribution in [2.75, 3.05) is 0 Å². The topological polar surface area (TPSA) is 38.9 Å². The average Bonchev–Trinajstić information content (AvgIpc) is 3.19. The van der Waals surface area contributed by atoms with Crippen LogP contribution in [0, 0.1) is 0 Å². The van der Waals surface area contributed by atoms with Crippen LogP contribution in [0.5, 0.6) is 0 Å². The third-order valence-electron chi connectivity index (χ3n) is 4.64. The van der Waals surface area contributed by atoms with E-state index in [9.17, 15) is 0 Å². The standard InChI is InChI=1S/C24H22N2O/c1-24(2,3)21-11-7-10-20(16-21)23-26-25-22(27-23)19-14-12-18(13-15-19)17-8-5-4-6-9-17/h4-16H,1-3H3. The molecule has 27 heavy (non-hydrogen) atoms. The van der Waals surface area contributed by atoms with Gasteiger partial charge in [0.05, 0.1) is 0 Å². The molecule has 0 saturated heterocycles. The first-order valence-electron chi connectivity index (χ1n) is 9.11. The van der Waals surface area contributed by atoms with E-state index < -0.39 is 0 Å². The van der Waals surface area contributed by atoms with Crippen LogP contribution in [0.4, 0.5) is 0 Å². The molecule has 4 aromatic rings. The fraction of sp³-hybridized carbons (Fsp3) is 0.167. The fourth-order valence-electron chi connectivity index (χ4n) is 3.01. The summed E-state index contributed by atoms with van der Waals surface area (Å²) in [5.41, 5.74) is 5.53. The van der Waals surface area contributed by atoms with Gasteiger partial charge in [-0.15, -0.1) is 10.2 Å². The van der Waals surface area contributed by atoms with E-state index in [4.69, 9.17) is 4.42 Å². The smallest absolute Gasteiger partial charge is 0.248 e. The summed E-state index contributed by atoms with van der Waals surface area (Å²) in [5.74, 6) is 1.08. The summed E-state index contributed by atoms with van der Waals surface area (Å²) in [6.07, 6.45) is 0. The lowest BCUT2D eigenvalue weighted by Gasteiger charge is -2.19. The molecule has 0 bridgehead atoms. The molecular formula is C24H22N2O. The normalized spacial score (nSPS) is 11.5. The van der Waals surface area contributed by atoms with Crippen molar-refractivity contribution in [2.24, 2.45) is 0 Å². The lowest BCUT2D eigenvalue weighted by molar-refractivity contribution is 0.580. The molecule has 3 heteroatoms. The lowest BCUT2D eigenvalue weighted by Crippen LogP contribution is -2.10. The number of hydrogen-bond acceptors (Lipinski definition) is 3. The number of aromatic nitrogens is 2. The average molecular weight is 354 g/mol. The Kier molecular flexibility index (Phi) is 4.36. The monoisotopic (exact) mass is 354 g/mol. The van der Waals surface area contributed by atoms with Gasteiger partial charge in [0.15, 0.2) is 0 Å². The van der Waals surface area contributed by atoms with Gasteiger partial charge in [0.25, 0.3) is 0 Å². The Hall–Kier alpha value is -3.20. The Bertz CT molecular complexity index is 1040. The van der Waals surface area contributed by atoms with Crippen LogP contribution < -0.4 is 0 Å². The summed E-state index contributed by atoms with van der Waals surface area (Å²) in [4.78, 5) is 0. The molecule has 1 aromatic heterocycles. The molecule has 134 valence electrons. The molecule has 3 aromatic carbocycles. The first-order valence-corrected chi connectivity index (χ1v) is 9.11. The summed E-state index contributed by atoms with van der Waals surface area (Å²) in [6, 6.07) is 26.8. The van der Waals surface area contributed by atoms with Crippen molar-refractivity contribution in [3.8, 4) is 34.0 Å². The number of nitrogens with zero attached hydrogens (tertiary/aromatic N) is 2. The zero-order chi connectivity index (χ0) is 18.9.